The SMILES string of the molecule is O=C(O[C@@H](C(=O)NC1CC1)c1ccccc1)[C@H]1CC=CCC1. The van der Waals surface area contributed by atoms with Crippen LogP contribution in [0.3, 0.4) is 0 Å². The van der Waals surface area contributed by atoms with Crippen molar-refractivity contribution in [3.05, 3.63) is 48.0 Å². The summed E-state index contributed by atoms with van der Waals surface area (Å²) in [5.74, 6) is -0.623. The normalized spacial score (nSPS) is 21.9. The smallest absolute Gasteiger partial charge is 0.310 e. The van der Waals surface area contributed by atoms with Crippen molar-refractivity contribution >= 4 is 11.9 Å². The zero-order valence-corrected chi connectivity index (χ0v) is 12.5. The molecular formula is C18H21NO3. The van der Waals surface area contributed by atoms with Gasteiger partial charge in [-0.15, -0.1) is 0 Å². The third-order valence-electron chi connectivity index (χ3n) is 4.10. The molecule has 1 amide bonds. The minimum atomic E-state index is -0.847. The van der Waals surface area contributed by atoms with Crippen molar-refractivity contribution in [1.29, 1.82) is 0 Å². The second-order valence-corrected chi connectivity index (χ2v) is 5.99. The van der Waals surface area contributed by atoms with Gasteiger partial charge in [0, 0.05) is 11.6 Å². The number of esters is 1. The van der Waals surface area contributed by atoms with Crippen molar-refractivity contribution in [2.45, 2.75) is 44.2 Å². The number of allylic oxidation sites excluding steroid dienone is 2. The van der Waals surface area contributed by atoms with E-state index in [1.807, 2.05) is 36.4 Å². The van der Waals surface area contributed by atoms with Crippen molar-refractivity contribution in [3.8, 4) is 0 Å². The number of nitrogens with one attached hydrogen (secondary N) is 1. The molecular weight excluding hydrogens is 278 g/mol. The Labute approximate surface area is 130 Å². The van der Waals surface area contributed by atoms with E-state index >= 15 is 0 Å². The molecule has 1 aromatic rings. The number of benzene rings is 1. The maximum atomic E-state index is 12.4. The minimum Gasteiger partial charge on any atom is -0.447 e. The molecule has 0 aromatic heterocycles. The molecule has 4 nitrogen and oxygen atoms in total. The number of rotatable bonds is 5. The Bertz CT molecular complexity index is 563. The first-order chi connectivity index (χ1) is 10.7. The molecule has 4 heteroatoms. The van der Waals surface area contributed by atoms with Gasteiger partial charge in [0.25, 0.3) is 5.91 Å². The van der Waals surface area contributed by atoms with Crippen molar-refractivity contribution in [2.24, 2.45) is 5.92 Å². The molecule has 1 aromatic carbocycles. The highest BCUT2D eigenvalue weighted by Crippen LogP contribution is 2.26. The van der Waals surface area contributed by atoms with Gasteiger partial charge in [-0.1, -0.05) is 42.5 Å². The molecule has 116 valence electrons. The van der Waals surface area contributed by atoms with Crippen LogP contribution in [0, 0.1) is 5.92 Å². The molecule has 2 aliphatic rings. The molecule has 1 N–H and O–H groups in total. The maximum absolute atomic E-state index is 12.4. The molecule has 0 unspecified atom stereocenters. The van der Waals surface area contributed by atoms with Gasteiger partial charge in [0.05, 0.1) is 5.92 Å². The molecule has 3 rings (SSSR count). The predicted molar refractivity (Wildman–Crippen MR) is 82.9 cm³/mol. The van der Waals surface area contributed by atoms with E-state index < -0.39 is 6.10 Å². The second-order valence-electron chi connectivity index (χ2n) is 5.99. The molecule has 2 atom stereocenters. The molecule has 0 spiro atoms. The van der Waals surface area contributed by atoms with E-state index in [1.54, 1.807) is 0 Å². The van der Waals surface area contributed by atoms with Gasteiger partial charge in [-0.2, -0.15) is 0 Å². The van der Waals surface area contributed by atoms with Crippen LogP contribution in [0.2, 0.25) is 0 Å². The summed E-state index contributed by atoms with van der Waals surface area (Å²) in [4.78, 5) is 24.8. The molecule has 1 saturated carbocycles. The van der Waals surface area contributed by atoms with Crippen LogP contribution in [-0.2, 0) is 14.3 Å². The summed E-state index contributed by atoms with van der Waals surface area (Å²) < 4.78 is 5.58. The van der Waals surface area contributed by atoms with Gasteiger partial charge in [-0.05, 0) is 32.1 Å². The highest BCUT2D eigenvalue weighted by Gasteiger charge is 2.32. The molecule has 2 aliphatic carbocycles. The van der Waals surface area contributed by atoms with Crippen molar-refractivity contribution in [1.82, 2.24) is 5.32 Å². The number of hydrogen-bond acceptors (Lipinski definition) is 3. The standard InChI is InChI=1S/C18H21NO3/c20-17(19-15-11-12-15)16(13-7-3-1-4-8-13)22-18(21)14-9-5-2-6-10-14/h1-5,7-8,14-16H,6,9-12H2,(H,19,20)/t14-,16+/m0/s1. The van der Waals surface area contributed by atoms with Crippen LogP contribution in [0.15, 0.2) is 42.5 Å². The Morgan fingerprint density at radius 1 is 1.09 bits per heavy atom. The van der Waals surface area contributed by atoms with Gasteiger partial charge in [0.15, 0.2) is 0 Å². The van der Waals surface area contributed by atoms with E-state index in [9.17, 15) is 9.59 Å². The van der Waals surface area contributed by atoms with E-state index in [0.717, 1.165) is 31.2 Å². The molecule has 0 radical (unpaired) electrons. The Hall–Kier alpha value is -2.10. The van der Waals surface area contributed by atoms with Crippen LogP contribution >= 0.6 is 0 Å². The lowest BCUT2D eigenvalue weighted by Gasteiger charge is -2.22. The summed E-state index contributed by atoms with van der Waals surface area (Å²) in [5.41, 5.74) is 0.723. The fourth-order valence-corrected chi connectivity index (χ4v) is 2.63. The Kier molecular flexibility index (Phi) is 4.56. The van der Waals surface area contributed by atoms with Crippen LogP contribution < -0.4 is 5.32 Å². The monoisotopic (exact) mass is 299 g/mol. The molecule has 22 heavy (non-hydrogen) atoms. The summed E-state index contributed by atoms with van der Waals surface area (Å²) in [6.45, 7) is 0. The van der Waals surface area contributed by atoms with E-state index in [0.29, 0.717) is 6.42 Å². The second kappa shape index (κ2) is 6.77. The third kappa shape index (κ3) is 3.75. The van der Waals surface area contributed by atoms with Crippen molar-refractivity contribution in [3.63, 3.8) is 0 Å². The molecule has 0 aliphatic heterocycles. The maximum Gasteiger partial charge on any atom is 0.310 e. The fourth-order valence-electron chi connectivity index (χ4n) is 2.63. The fraction of sp³-hybridized carbons (Fsp3) is 0.444. The first-order valence-corrected chi connectivity index (χ1v) is 7.95. The Morgan fingerprint density at radius 3 is 2.50 bits per heavy atom. The van der Waals surface area contributed by atoms with Crippen LogP contribution in [0.4, 0.5) is 0 Å². The number of carbonyl (C=O) groups excluding carboxylic acids is 2. The van der Waals surface area contributed by atoms with Crippen LogP contribution in [0.5, 0.6) is 0 Å². The topological polar surface area (TPSA) is 55.4 Å². The summed E-state index contributed by atoms with van der Waals surface area (Å²) >= 11 is 0. The highest BCUT2D eigenvalue weighted by atomic mass is 16.5. The van der Waals surface area contributed by atoms with E-state index in [2.05, 4.69) is 11.4 Å². The molecule has 0 bridgehead atoms. The molecule has 1 fully saturated rings. The van der Waals surface area contributed by atoms with Gasteiger partial charge < -0.3 is 10.1 Å². The lowest BCUT2D eigenvalue weighted by molar-refractivity contribution is -0.160. The average Bonchev–Trinajstić information content (AvgIpc) is 3.38. The summed E-state index contributed by atoms with van der Waals surface area (Å²) in [6.07, 6.45) is 7.65. The summed E-state index contributed by atoms with van der Waals surface area (Å²) in [6, 6.07) is 9.48. The predicted octanol–water partition coefficient (Wildman–Crippen LogP) is 2.91. The van der Waals surface area contributed by atoms with Crippen LogP contribution in [0.1, 0.15) is 43.8 Å². The van der Waals surface area contributed by atoms with E-state index in [4.69, 9.17) is 4.74 Å². The van der Waals surface area contributed by atoms with Crippen LogP contribution in [-0.4, -0.2) is 17.9 Å². The zero-order valence-electron chi connectivity index (χ0n) is 12.5. The van der Waals surface area contributed by atoms with Gasteiger partial charge in [0.1, 0.15) is 0 Å². The zero-order chi connectivity index (χ0) is 15.4. The van der Waals surface area contributed by atoms with E-state index in [-0.39, 0.29) is 23.8 Å². The van der Waals surface area contributed by atoms with Gasteiger partial charge >= 0.3 is 5.97 Å². The first-order valence-electron chi connectivity index (χ1n) is 7.95. The first kappa shape index (κ1) is 14.8. The highest BCUT2D eigenvalue weighted by molar-refractivity contribution is 5.86. The lowest BCUT2D eigenvalue weighted by atomic mass is 9.94. The van der Waals surface area contributed by atoms with Gasteiger partial charge in [-0.3, -0.25) is 9.59 Å². The lowest BCUT2D eigenvalue weighted by Crippen LogP contribution is -2.34. The summed E-state index contributed by atoms with van der Waals surface area (Å²) in [5, 5.41) is 2.93. The van der Waals surface area contributed by atoms with Gasteiger partial charge in [0.2, 0.25) is 6.10 Å². The Morgan fingerprint density at radius 2 is 1.86 bits per heavy atom. The molecule has 0 heterocycles. The van der Waals surface area contributed by atoms with Crippen molar-refractivity contribution < 1.29 is 14.3 Å². The summed E-state index contributed by atoms with van der Waals surface area (Å²) in [7, 11) is 0. The minimum absolute atomic E-state index is 0.134. The Balaban J connectivity index is 1.71. The van der Waals surface area contributed by atoms with Crippen molar-refractivity contribution in [2.75, 3.05) is 0 Å². The van der Waals surface area contributed by atoms with Crippen LogP contribution in [0.25, 0.3) is 0 Å². The number of carbonyl (C=O) groups is 2. The third-order valence-corrected chi connectivity index (χ3v) is 4.10. The van der Waals surface area contributed by atoms with E-state index in [1.165, 1.54) is 0 Å². The average molecular weight is 299 g/mol. The largest absolute Gasteiger partial charge is 0.447 e. The number of hydrogen-bond donors (Lipinski definition) is 1. The quantitative estimate of drug-likeness (QED) is 0.672. The number of amides is 1. The number of ether oxygens (including phenoxy) is 1. The molecule has 0 saturated heterocycles. The van der Waals surface area contributed by atoms with Gasteiger partial charge in [-0.25, -0.2) is 0 Å².